The largest absolute Gasteiger partial charge is 0.493 e. The molecule has 0 heterocycles. The summed E-state index contributed by atoms with van der Waals surface area (Å²) in [5.74, 6) is -0.443. The summed E-state index contributed by atoms with van der Waals surface area (Å²) in [6.45, 7) is 5.75. The molecule has 0 radical (unpaired) electrons. The molecule has 0 bridgehead atoms. The number of aryl methyl sites for hydroxylation is 3. The molecular formula is C26H24N2O5S. The van der Waals surface area contributed by atoms with Gasteiger partial charge in [-0.1, -0.05) is 29.8 Å². The van der Waals surface area contributed by atoms with Crippen LogP contribution in [0.2, 0.25) is 0 Å². The molecule has 0 spiro atoms. The molecule has 1 amide bonds. The van der Waals surface area contributed by atoms with Gasteiger partial charge in [0.25, 0.3) is 5.91 Å². The molecule has 34 heavy (non-hydrogen) atoms. The second-order valence-corrected chi connectivity index (χ2v) is 9.23. The maximum Gasteiger partial charge on any atom is 0.339 e. The molecule has 0 atom stereocenters. The predicted octanol–water partition coefficient (Wildman–Crippen LogP) is 4.93. The molecule has 0 aliphatic rings. The fraction of sp³-hybridized carbons (Fsp3) is 0.154. The Labute approximate surface area is 199 Å². The van der Waals surface area contributed by atoms with E-state index in [0.29, 0.717) is 11.3 Å². The Morgan fingerprint density at radius 2 is 1.65 bits per heavy atom. The molecule has 3 aromatic rings. The third-order valence-electron chi connectivity index (χ3n) is 5.14. The highest BCUT2D eigenvalue weighted by atomic mass is 32.2. The highest BCUT2D eigenvalue weighted by Gasteiger charge is 2.19. The van der Waals surface area contributed by atoms with Gasteiger partial charge in [-0.3, -0.25) is 4.79 Å². The van der Waals surface area contributed by atoms with Crippen LogP contribution in [0.4, 0.5) is 5.69 Å². The van der Waals surface area contributed by atoms with Gasteiger partial charge in [-0.15, -0.1) is 0 Å². The summed E-state index contributed by atoms with van der Waals surface area (Å²) in [7, 11) is -2.70. The molecule has 1 N–H and O–H groups in total. The molecule has 0 fully saturated rings. The van der Waals surface area contributed by atoms with Crippen LogP contribution in [-0.4, -0.2) is 21.4 Å². The second-order valence-electron chi connectivity index (χ2n) is 7.68. The fourth-order valence-corrected chi connectivity index (χ4v) is 3.99. The zero-order chi connectivity index (χ0) is 24.9. The summed E-state index contributed by atoms with van der Waals surface area (Å²) in [6.07, 6.45) is 1.39. The van der Waals surface area contributed by atoms with Crippen molar-refractivity contribution >= 4 is 27.8 Å². The summed E-state index contributed by atoms with van der Waals surface area (Å²) in [5.41, 5.74) is 3.94. The first-order chi connectivity index (χ1) is 16.1. The van der Waals surface area contributed by atoms with Crippen LogP contribution >= 0.6 is 0 Å². The molecule has 8 heteroatoms. The zero-order valence-electron chi connectivity index (χ0n) is 19.2. The molecule has 0 unspecified atom stereocenters. The summed E-state index contributed by atoms with van der Waals surface area (Å²) in [4.78, 5) is 12.6. The number of methoxy groups -OCH3 is 1. The predicted molar refractivity (Wildman–Crippen MR) is 130 cm³/mol. The van der Waals surface area contributed by atoms with Crippen LogP contribution in [0.5, 0.6) is 11.5 Å². The van der Waals surface area contributed by atoms with Crippen molar-refractivity contribution in [3.8, 4) is 17.6 Å². The first-order valence-electron chi connectivity index (χ1n) is 10.3. The Bertz CT molecular complexity index is 1400. The lowest BCUT2D eigenvalue weighted by atomic mass is 10.1. The Morgan fingerprint density at radius 3 is 2.26 bits per heavy atom. The van der Waals surface area contributed by atoms with E-state index in [0.717, 1.165) is 16.7 Å². The minimum atomic E-state index is -4.07. The number of rotatable bonds is 7. The molecule has 174 valence electrons. The van der Waals surface area contributed by atoms with Crippen LogP contribution < -0.4 is 14.2 Å². The van der Waals surface area contributed by atoms with Gasteiger partial charge in [0.05, 0.1) is 7.11 Å². The Balaban J connectivity index is 1.84. The van der Waals surface area contributed by atoms with Crippen molar-refractivity contribution in [3.05, 3.63) is 88.5 Å². The number of carbonyl (C=O) groups excluding carboxylic acids is 1. The van der Waals surface area contributed by atoms with E-state index in [1.807, 2.05) is 39.0 Å². The number of carbonyl (C=O) groups is 1. The van der Waals surface area contributed by atoms with Crippen molar-refractivity contribution in [1.82, 2.24) is 0 Å². The number of amides is 1. The van der Waals surface area contributed by atoms with Crippen LogP contribution in [0.25, 0.3) is 6.08 Å². The van der Waals surface area contributed by atoms with Gasteiger partial charge >= 0.3 is 10.1 Å². The maximum absolute atomic E-state index is 12.6. The van der Waals surface area contributed by atoms with E-state index in [4.69, 9.17) is 8.92 Å². The van der Waals surface area contributed by atoms with Crippen molar-refractivity contribution in [1.29, 1.82) is 5.26 Å². The van der Waals surface area contributed by atoms with Crippen LogP contribution in [0.15, 0.2) is 71.1 Å². The number of benzene rings is 3. The Morgan fingerprint density at radius 1 is 0.941 bits per heavy atom. The first-order valence-corrected chi connectivity index (χ1v) is 11.7. The first kappa shape index (κ1) is 24.6. The van der Waals surface area contributed by atoms with E-state index in [9.17, 15) is 18.5 Å². The van der Waals surface area contributed by atoms with Crippen molar-refractivity contribution in [3.63, 3.8) is 0 Å². The van der Waals surface area contributed by atoms with Crippen LogP contribution in [0, 0.1) is 32.1 Å². The number of anilines is 1. The molecule has 3 aromatic carbocycles. The monoisotopic (exact) mass is 476 g/mol. The highest BCUT2D eigenvalue weighted by molar-refractivity contribution is 7.87. The quantitative estimate of drug-likeness (QED) is 0.294. The summed E-state index contributed by atoms with van der Waals surface area (Å²) < 4.78 is 35.8. The van der Waals surface area contributed by atoms with Gasteiger partial charge in [-0.25, -0.2) is 0 Å². The van der Waals surface area contributed by atoms with Gasteiger partial charge in [0, 0.05) is 5.69 Å². The summed E-state index contributed by atoms with van der Waals surface area (Å²) >= 11 is 0. The third kappa shape index (κ3) is 5.82. The molecule has 0 aliphatic heterocycles. The topological polar surface area (TPSA) is 105 Å². The Hall–Kier alpha value is -4.09. The van der Waals surface area contributed by atoms with Gasteiger partial charge in [0.15, 0.2) is 11.5 Å². The average molecular weight is 477 g/mol. The minimum Gasteiger partial charge on any atom is -0.493 e. The number of nitriles is 1. The molecular weight excluding hydrogens is 452 g/mol. The van der Waals surface area contributed by atoms with E-state index in [-0.39, 0.29) is 22.0 Å². The number of hydrogen-bond acceptors (Lipinski definition) is 6. The van der Waals surface area contributed by atoms with Gasteiger partial charge in [0.2, 0.25) is 0 Å². The molecule has 7 nitrogen and oxygen atoms in total. The number of nitrogens with zero attached hydrogens (tertiary/aromatic N) is 1. The smallest absolute Gasteiger partial charge is 0.339 e. The van der Waals surface area contributed by atoms with Gasteiger partial charge in [0.1, 0.15) is 16.5 Å². The minimum absolute atomic E-state index is 0.0129. The van der Waals surface area contributed by atoms with E-state index in [1.54, 1.807) is 18.2 Å². The lowest BCUT2D eigenvalue weighted by molar-refractivity contribution is -0.112. The number of ether oxygens (including phenoxy) is 1. The molecule has 0 saturated carbocycles. The van der Waals surface area contributed by atoms with Crippen molar-refractivity contribution in [2.24, 2.45) is 0 Å². The van der Waals surface area contributed by atoms with Crippen molar-refractivity contribution < 1.29 is 22.1 Å². The van der Waals surface area contributed by atoms with E-state index in [1.165, 1.54) is 43.5 Å². The van der Waals surface area contributed by atoms with E-state index < -0.39 is 16.0 Å². The molecule has 0 aromatic heterocycles. The molecule has 0 saturated heterocycles. The van der Waals surface area contributed by atoms with Crippen molar-refractivity contribution in [2.45, 2.75) is 25.7 Å². The Kier molecular flexibility index (Phi) is 7.39. The van der Waals surface area contributed by atoms with Gasteiger partial charge in [-0.2, -0.15) is 13.7 Å². The van der Waals surface area contributed by atoms with E-state index in [2.05, 4.69) is 5.32 Å². The number of nitrogens with one attached hydrogen (secondary N) is 1. The second kappa shape index (κ2) is 10.2. The average Bonchev–Trinajstić information content (AvgIpc) is 2.80. The zero-order valence-corrected chi connectivity index (χ0v) is 20.1. The standard InChI is InChI=1S/C26H24N2O5S/c1-17-5-10-23(11-6-17)34(30,31)33-24-12-8-20(15-25(24)32-4)14-21(16-27)26(29)28-22-9-7-18(2)19(3)13-22/h5-15H,1-4H3,(H,28,29)/b21-14+. The van der Waals surface area contributed by atoms with Crippen molar-refractivity contribution in [2.75, 3.05) is 12.4 Å². The SMILES string of the molecule is COc1cc(/C=C(\C#N)C(=O)Nc2ccc(C)c(C)c2)ccc1OS(=O)(=O)c1ccc(C)cc1. The normalized spacial score (nSPS) is 11.4. The molecule has 0 aliphatic carbocycles. The molecule has 3 rings (SSSR count). The lowest BCUT2D eigenvalue weighted by Crippen LogP contribution is -2.13. The third-order valence-corrected chi connectivity index (χ3v) is 6.39. The summed E-state index contributed by atoms with van der Waals surface area (Å²) in [5, 5.41) is 12.2. The highest BCUT2D eigenvalue weighted by Crippen LogP contribution is 2.31. The van der Waals surface area contributed by atoms with Crippen LogP contribution in [-0.2, 0) is 14.9 Å². The summed E-state index contributed by atoms with van der Waals surface area (Å²) in [6, 6.07) is 18.1. The number of hydrogen-bond donors (Lipinski definition) is 1. The van der Waals surface area contributed by atoms with E-state index >= 15 is 0 Å². The van der Waals surface area contributed by atoms with Gasteiger partial charge < -0.3 is 14.2 Å². The lowest BCUT2D eigenvalue weighted by Gasteiger charge is -2.12. The fourth-order valence-electron chi connectivity index (χ4n) is 3.05. The van der Waals surface area contributed by atoms with Gasteiger partial charge in [-0.05, 0) is 79.9 Å². The van der Waals surface area contributed by atoms with Crippen LogP contribution in [0.1, 0.15) is 22.3 Å². The maximum atomic E-state index is 12.6. The van der Waals surface area contributed by atoms with Crippen LogP contribution in [0.3, 0.4) is 0 Å².